The number of halogens is 1. The number of benzene rings is 3. The maximum Gasteiger partial charge on any atom is 0.280 e. The molecule has 6 rings (SSSR count). The lowest BCUT2D eigenvalue weighted by Gasteiger charge is -2.31. The molecule has 0 aliphatic carbocycles. The summed E-state index contributed by atoms with van der Waals surface area (Å²) in [6.07, 6.45) is 3.16. The average Bonchev–Trinajstić information content (AvgIpc) is 3.34. The fraction of sp³-hybridized carbons (Fsp3) is 0.281. The van der Waals surface area contributed by atoms with Crippen LogP contribution in [-0.4, -0.2) is 38.2 Å². The van der Waals surface area contributed by atoms with Gasteiger partial charge in [0.1, 0.15) is 11.6 Å². The molecule has 1 fully saturated rings. The highest BCUT2D eigenvalue weighted by Crippen LogP contribution is 2.25. The molecule has 2 aromatic heterocycles. The van der Waals surface area contributed by atoms with Gasteiger partial charge in [-0.1, -0.05) is 78.9 Å². The van der Waals surface area contributed by atoms with Crippen LogP contribution in [0.2, 0.25) is 0 Å². The number of rotatable bonds is 8. The van der Waals surface area contributed by atoms with Gasteiger partial charge in [0.25, 0.3) is 5.56 Å². The van der Waals surface area contributed by atoms with Gasteiger partial charge in [-0.05, 0) is 36.5 Å². The number of imidazole rings is 1. The van der Waals surface area contributed by atoms with Crippen LogP contribution in [0.1, 0.15) is 35.4 Å². The van der Waals surface area contributed by atoms with Crippen LogP contribution in [0, 0.1) is 5.82 Å². The van der Waals surface area contributed by atoms with Crippen LogP contribution in [0.25, 0.3) is 11.2 Å². The van der Waals surface area contributed by atoms with Crippen molar-refractivity contribution in [2.24, 2.45) is 5.73 Å². The van der Waals surface area contributed by atoms with Gasteiger partial charge in [-0.2, -0.15) is 4.98 Å². The first-order valence-electron chi connectivity index (χ1n) is 13.9. The summed E-state index contributed by atoms with van der Waals surface area (Å²) < 4.78 is 18.4. The molecular weight excluding hydrogens is 503 g/mol. The summed E-state index contributed by atoms with van der Waals surface area (Å²) in [7, 11) is 0. The Bertz CT molecular complexity index is 1660. The number of anilines is 1. The zero-order valence-corrected chi connectivity index (χ0v) is 22.4. The molecule has 1 aliphatic heterocycles. The Morgan fingerprint density at radius 3 is 2.25 bits per heavy atom. The number of fused-ring (bicyclic) bond motifs is 1. The lowest BCUT2D eigenvalue weighted by atomic mass is 10.1. The molecule has 5 aromatic rings. The molecule has 8 heteroatoms. The number of aromatic nitrogens is 4. The van der Waals surface area contributed by atoms with E-state index in [-0.39, 0.29) is 24.0 Å². The van der Waals surface area contributed by atoms with Crippen molar-refractivity contribution in [3.05, 3.63) is 124 Å². The van der Waals surface area contributed by atoms with Gasteiger partial charge in [0.2, 0.25) is 5.95 Å². The highest BCUT2D eigenvalue weighted by Gasteiger charge is 2.26. The second-order valence-corrected chi connectivity index (χ2v) is 10.5. The minimum Gasteiger partial charge on any atom is -0.341 e. The number of nitrogens with zero attached hydrogens (tertiary/aromatic N) is 5. The van der Waals surface area contributed by atoms with Gasteiger partial charge < -0.3 is 10.6 Å². The van der Waals surface area contributed by atoms with Crippen molar-refractivity contribution in [1.29, 1.82) is 0 Å². The summed E-state index contributed by atoms with van der Waals surface area (Å²) in [4.78, 5) is 26.4. The third-order valence-corrected chi connectivity index (χ3v) is 7.61. The van der Waals surface area contributed by atoms with Crippen LogP contribution < -0.4 is 16.2 Å². The van der Waals surface area contributed by atoms with Gasteiger partial charge in [-0.25, -0.2) is 9.37 Å². The summed E-state index contributed by atoms with van der Waals surface area (Å²) >= 11 is 0. The lowest BCUT2D eigenvalue weighted by Crippen LogP contribution is -2.44. The van der Waals surface area contributed by atoms with Crippen molar-refractivity contribution in [3.8, 4) is 0 Å². The number of piperidine rings is 1. The SMILES string of the molecule is NC1CCCN(c2nc3nc(CCc4ccccc4)n(Cc4ccccc4F)c(=O)c3n2Cc2ccccc2)C1. The minimum atomic E-state index is -0.343. The first kappa shape index (κ1) is 26.0. The first-order valence-corrected chi connectivity index (χ1v) is 13.9. The maximum atomic E-state index is 14.8. The Labute approximate surface area is 232 Å². The van der Waals surface area contributed by atoms with Crippen LogP contribution in [0.4, 0.5) is 10.3 Å². The highest BCUT2D eigenvalue weighted by atomic mass is 19.1. The largest absolute Gasteiger partial charge is 0.341 e. The third-order valence-electron chi connectivity index (χ3n) is 7.61. The standard InChI is InChI=1S/C32H33FN6O/c33-27-16-8-7-14-25(27)21-38-28(18-17-23-10-3-1-4-11-23)35-30-29(31(38)40)39(20-24-12-5-2-6-13-24)32(36-30)37-19-9-15-26(34)22-37/h1-8,10-14,16,26H,9,15,17-22,34H2. The van der Waals surface area contributed by atoms with E-state index in [1.807, 2.05) is 53.1 Å². The van der Waals surface area contributed by atoms with E-state index in [0.29, 0.717) is 54.4 Å². The molecule has 1 aliphatic rings. The number of aryl methyl sites for hydroxylation is 2. The van der Waals surface area contributed by atoms with Crippen LogP contribution in [0.15, 0.2) is 89.7 Å². The van der Waals surface area contributed by atoms with Crippen molar-refractivity contribution in [2.75, 3.05) is 18.0 Å². The van der Waals surface area contributed by atoms with Gasteiger partial charge in [0.15, 0.2) is 11.2 Å². The van der Waals surface area contributed by atoms with Crippen molar-refractivity contribution in [1.82, 2.24) is 19.1 Å². The van der Waals surface area contributed by atoms with Gasteiger partial charge >= 0.3 is 0 Å². The van der Waals surface area contributed by atoms with Gasteiger partial charge in [0.05, 0.1) is 13.1 Å². The van der Waals surface area contributed by atoms with Crippen molar-refractivity contribution < 1.29 is 4.39 Å². The van der Waals surface area contributed by atoms with Crippen molar-refractivity contribution in [2.45, 2.75) is 44.8 Å². The summed E-state index contributed by atoms with van der Waals surface area (Å²) in [6, 6.07) is 26.8. The van der Waals surface area contributed by atoms with E-state index in [4.69, 9.17) is 15.7 Å². The summed E-state index contributed by atoms with van der Waals surface area (Å²) in [5.74, 6) is 0.955. The molecule has 3 heterocycles. The van der Waals surface area contributed by atoms with Crippen LogP contribution in [-0.2, 0) is 25.9 Å². The van der Waals surface area contributed by atoms with Gasteiger partial charge in [-0.3, -0.25) is 13.9 Å². The minimum absolute atomic E-state index is 0.0471. The second kappa shape index (κ2) is 11.4. The Morgan fingerprint density at radius 2 is 1.52 bits per heavy atom. The Hall–Kier alpha value is -4.30. The Balaban J connectivity index is 1.51. The third kappa shape index (κ3) is 5.40. The quantitative estimate of drug-likeness (QED) is 0.315. The summed E-state index contributed by atoms with van der Waals surface area (Å²) in [6.45, 7) is 2.05. The van der Waals surface area contributed by atoms with E-state index in [9.17, 15) is 9.18 Å². The van der Waals surface area contributed by atoms with E-state index in [0.717, 1.165) is 30.5 Å². The number of nitrogens with two attached hydrogens (primary N) is 1. The van der Waals surface area contributed by atoms with Crippen LogP contribution in [0.3, 0.4) is 0 Å². The molecule has 1 unspecified atom stereocenters. The fourth-order valence-electron chi connectivity index (χ4n) is 5.55. The average molecular weight is 537 g/mol. The van der Waals surface area contributed by atoms with Gasteiger partial charge in [-0.15, -0.1) is 0 Å². The second-order valence-electron chi connectivity index (χ2n) is 10.5. The molecule has 40 heavy (non-hydrogen) atoms. The van der Waals surface area contributed by atoms with Crippen LogP contribution in [0.5, 0.6) is 0 Å². The molecule has 7 nitrogen and oxygen atoms in total. The van der Waals surface area contributed by atoms with Crippen molar-refractivity contribution >= 4 is 17.1 Å². The van der Waals surface area contributed by atoms with Gasteiger partial charge in [0, 0.05) is 31.1 Å². The number of hydrogen-bond donors (Lipinski definition) is 1. The predicted molar refractivity (Wildman–Crippen MR) is 156 cm³/mol. The monoisotopic (exact) mass is 536 g/mol. The molecular formula is C32H33FN6O. The first-order chi connectivity index (χ1) is 19.6. The van der Waals surface area contributed by atoms with E-state index in [1.165, 1.54) is 6.07 Å². The zero-order valence-electron chi connectivity index (χ0n) is 22.4. The molecule has 1 saturated heterocycles. The van der Waals surface area contributed by atoms with Crippen LogP contribution >= 0.6 is 0 Å². The molecule has 204 valence electrons. The Morgan fingerprint density at radius 1 is 0.825 bits per heavy atom. The van der Waals surface area contributed by atoms with E-state index >= 15 is 0 Å². The zero-order chi connectivity index (χ0) is 27.5. The molecule has 0 bridgehead atoms. The predicted octanol–water partition coefficient (Wildman–Crippen LogP) is 4.54. The summed E-state index contributed by atoms with van der Waals surface area (Å²) in [5.41, 5.74) is 9.62. The molecule has 0 radical (unpaired) electrons. The molecule has 0 amide bonds. The normalized spacial score (nSPS) is 15.6. The molecule has 0 spiro atoms. The summed E-state index contributed by atoms with van der Waals surface area (Å²) in [5, 5.41) is 0. The number of hydrogen-bond acceptors (Lipinski definition) is 5. The van der Waals surface area contributed by atoms with E-state index in [1.54, 1.807) is 22.8 Å². The highest BCUT2D eigenvalue weighted by molar-refractivity contribution is 5.74. The van der Waals surface area contributed by atoms with Crippen molar-refractivity contribution in [3.63, 3.8) is 0 Å². The Kier molecular flexibility index (Phi) is 7.42. The maximum absolute atomic E-state index is 14.8. The molecule has 2 N–H and O–H groups in total. The topological polar surface area (TPSA) is 82.0 Å². The molecule has 3 aromatic carbocycles. The smallest absolute Gasteiger partial charge is 0.280 e. The fourth-order valence-corrected chi connectivity index (χ4v) is 5.55. The van der Waals surface area contributed by atoms with E-state index in [2.05, 4.69) is 17.0 Å². The molecule has 1 atom stereocenters. The lowest BCUT2D eigenvalue weighted by molar-refractivity contribution is 0.495. The van der Waals surface area contributed by atoms with E-state index < -0.39 is 0 Å². The molecule has 0 saturated carbocycles.